The number of nitrogens with one attached hydrogen (secondary N) is 1. The van der Waals surface area contributed by atoms with Gasteiger partial charge in [-0.1, -0.05) is 17.3 Å². The number of morpholine rings is 1. The van der Waals surface area contributed by atoms with Crippen molar-refractivity contribution in [2.75, 3.05) is 26.3 Å². The number of thiophene rings is 1. The average Bonchev–Trinajstić information content (AvgIpc) is 3.23. The van der Waals surface area contributed by atoms with Crippen LogP contribution in [0.25, 0.3) is 10.6 Å². The van der Waals surface area contributed by atoms with E-state index in [-0.39, 0.29) is 27.1 Å². The summed E-state index contributed by atoms with van der Waals surface area (Å²) in [5, 5.41) is 13.3. The molecule has 38 heavy (non-hydrogen) atoms. The Labute approximate surface area is 218 Å². The summed E-state index contributed by atoms with van der Waals surface area (Å²) in [6.45, 7) is 1.70. The molecular formula is C23H20F3N3O7S2. The van der Waals surface area contributed by atoms with Crippen LogP contribution in [0.4, 0.5) is 13.2 Å². The monoisotopic (exact) mass is 571 g/mol. The molecule has 2 atom stereocenters. The Hall–Kier alpha value is -3.27. The van der Waals surface area contributed by atoms with E-state index in [1.165, 1.54) is 6.07 Å². The largest absolute Gasteiger partial charge is 0.480 e. The van der Waals surface area contributed by atoms with Crippen LogP contribution in [0.3, 0.4) is 0 Å². The second-order valence-corrected chi connectivity index (χ2v) is 11.9. The lowest BCUT2D eigenvalue weighted by Crippen LogP contribution is -2.44. The summed E-state index contributed by atoms with van der Waals surface area (Å²) in [5.74, 6) is -3.69. The van der Waals surface area contributed by atoms with E-state index in [2.05, 4.69) is 14.4 Å². The molecular weight excluding hydrogens is 551 g/mol. The zero-order valence-electron chi connectivity index (χ0n) is 19.4. The molecule has 2 unspecified atom stereocenters. The van der Waals surface area contributed by atoms with Gasteiger partial charge in [0.1, 0.15) is 15.4 Å². The van der Waals surface area contributed by atoms with E-state index in [0.29, 0.717) is 54.8 Å². The van der Waals surface area contributed by atoms with Gasteiger partial charge in [0, 0.05) is 30.6 Å². The Morgan fingerprint density at radius 1 is 1.16 bits per heavy atom. The molecule has 15 heteroatoms. The van der Waals surface area contributed by atoms with Crippen LogP contribution in [-0.2, 0) is 25.7 Å². The molecule has 202 valence electrons. The van der Waals surface area contributed by atoms with Crippen LogP contribution in [0.1, 0.15) is 34.0 Å². The first-order chi connectivity index (χ1) is 17.9. The Bertz CT molecular complexity index is 1500. The fourth-order valence-corrected chi connectivity index (χ4v) is 6.98. The van der Waals surface area contributed by atoms with E-state index < -0.39 is 39.4 Å². The van der Waals surface area contributed by atoms with Crippen LogP contribution in [0, 0.1) is 0 Å². The lowest BCUT2D eigenvalue weighted by atomic mass is 10.0. The number of aliphatic carboxylic acids is 1. The highest BCUT2D eigenvalue weighted by atomic mass is 32.2. The first-order valence-electron chi connectivity index (χ1n) is 11.3. The normalized spacial score (nSPS) is 21.9. The predicted octanol–water partition coefficient (Wildman–Crippen LogP) is 3.18. The van der Waals surface area contributed by atoms with E-state index in [4.69, 9.17) is 4.74 Å². The van der Waals surface area contributed by atoms with E-state index in [1.54, 1.807) is 29.2 Å². The molecule has 2 fully saturated rings. The zero-order valence-corrected chi connectivity index (χ0v) is 21.0. The molecule has 1 amide bonds. The van der Waals surface area contributed by atoms with Gasteiger partial charge in [-0.15, -0.1) is 11.3 Å². The smallest absolute Gasteiger partial charge is 0.452 e. The Morgan fingerprint density at radius 3 is 2.55 bits per heavy atom. The van der Waals surface area contributed by atoms with Gasteiger partial charge in [0.05, 0.1) is 18.1 Å². The van der Waals surface area contributed by atoms with Crippen molar-refractivity contribution in [3.05, 3.63) is 59.4 Å². The zero-order chi connectivity index (χ0) is 27.3. The van der Waals surface area contributed by atoms with Crippen molar-refractivity contribution in [3.8, 4) is 10.6 Å². The Kier molecular flexibility index (Phi) is 6.57. The molecule has 2 aliphatic rings. The minimum atomic E-state index is -4.75. The average molecular weight is 572 g/mol. The maximum absolute atomic E-state index is 13.1. The van der Waals surface area contributed by atoms with Crippen molar-refractivity contribution in [3.63, 3.8) is 0 Å². The van der Waals surface area contributed by atoms with Crippen LogP contribution < -0.4 is 4.72 Å². The number of hydrogen-bond acceptors (Lipinski definition) is 8. The highest BCUT2D eigenvalue weighted by Gasteiger charge is 2.63. The number of benzene rings is 1. The van der Waals surface area contributed by atoms with Crippen molar-refractivity contribution in [2.45, 2.75) is 28.3 Å². The van der Waals surface area contributed by atoms with Gasteiger partial charge in [-0.05, 0) is 36.2 Å². The number of halogens is 3. The molecule has 2 N–H and O–H groups in total. The van der Waals surface area contributed by atoms with Crippen LogP contribution in [0.5, 0.6) is 0 Å². The summed E-state index contributed by atoms with van der Waals surface area (Å²) < 4.78 is 76.1. The second kappa shape index (κ2) is 9.48. The molecule has 1 aromatic carbocycles. The third kappa shape index (κ3) is 4.93. The number of amides is 1. The number of alkyl halides is 3. The molecule has 3 heterocycles. The van der Waals surface area contributed by atoms with E-state index in [9.17, 15) is 36.3 Å². The number of carbonyl (C=O) groups excluding carboxylic acids is 1. The van der Waals surface area contributed by atoms with E-state index in [0.717, 1.165) is 6.07 Å². The molecule has 0 bridgehead atoms. The molecule has 10 nitrogen and oxygen atoms in total. The van der Waals surface area contributed by atoms with Gasteiger partial charge in [0.15, 0.2) is 0 Å². The van der Waals surface area contributed by atoms with Gasteiger partial charge in [-0.2, -0.15) is 17.9 Å². The maximum atomic E-state index is 13.1. The number of ether oxygens (including phenoxy) is 1. The quantitative estimate of drug-likeness (QED) is 0.441. The SMILES string of the molecule is O=C(c1cccc(C2CC2(NS(=O)(=O)c2ccc(-c3cc(C(F)(F)F)on3)s2)C(=O)O)c1)N1CCOCC1. The standard InChI is InChI=1S/C23H20F3N3O7S2/c24-23(25,26)18-11-16(27-36-18)17-4-5-19(37-17)38(33,34)28-22(21(31)32)12-15(22)13-2-1-3-14(10-13)20(30)29-6-8-35-9-7-29/h1-5,10-11,15,28H,6-9,12H2,(H,31,32). The van der Waals surface area contributed by atoms with Crippen molar-refractivity contribution in [1.29, 1.82) is 0 Å². The van der Waals surface area contributed by atoms with E-state index in [1.807, 2.05) is 0 Å². The second-order valence-electron chi connectivity index (χ2n) is 8.86. The highest BCUT2D eigenvalue weighted by Crippen LogP contribution is 2.53. The van der Waals surface area contributed by atoms with Crippen LogP contribution in [-0.4, -0.2) is 67.3 Å². The number of carboxylic acids is 1. The molecule has 3 aromatic rings. The van der Waals surface area contributed by atoms with Gasteiger partial charge in [-0.3, -0.25) is 9.59 Å². The Morgan fingerprint density at radius 2 is 1.89 bits per heavy atom. The number of sulfonamides is 1. The van der Waals surface area contributed by atoms with Crippen LogP contribution in [0.2, 0.25) is 0 Å². The molecule has 1 aliphatic heterocycles. The molecule has 5 rings (SSSR count). The number of aromatic nitrogens is 1. The summed E-state index contributed by atoms with van der Waals surface area (Å²) in [6, 6.07) is 9.48. The number of carboxylic acid groups (broad SMARTS) is 1. The highest BCUT2D eigenvalue weighted by molar-refractivity contribution is 7.91. The molecule has 1 saturated heterocycles. The summed E-state index contributed by atoms with van der Waals surface area (Å²) in [4.78, 5) is 26.8. The fourth-order valence-electron chi connectivity index (χ4n) is 4.31. The molecule has 1 saturated carbocycles. The summed E-state index contributed by atoms with van der Waals surface area (Å²) in [5.41, 5.74) is -1.21. The topological polar surface area (TPSA) is 139 Å². The molecule has 2 aromatic heterocycles. The number of carbonyl (C=O) groups is 2. The minimum absolute atomic E-state index is 0.0484. The number of rotatable bonds is 7. The van der Waals surface area contributed by atoms with Crippen LogP contribution >= 0.6 is 11.3 Å². The van der Waals surface area contributed by atoms with Crippen molar-refractivity contribution in [1.82, 2.24) is 14.8 Å². The fraction of sp³-hybridized carbons (Fsp3) is 0.348. The lowest BCUT2D eigenvalue weighted by molar-refractivity contribution is -0.155. The van der Waals surface area contributed by atoms with Crippen molar-refractivity contribution >= 4 is 33.2 Å². The van der Waals surface area contributed by atoms with Gasteiger partial charge >= 0.3 is 12.1 Å². The third-order valence-electron chi connectivity index (χ3n) is 6.38. The Balaban J connectivity index is 1.35. The third-order valence-corrected chi connectivity index (χ3v) is 9.49. The van der Waals surface area contributed by atoms with Gasteiger partial charge < -0.3 is 19.3 Å². The van der Waals surface area contributed by atoms with Crippen molar-refractivity contribution in [2.24, 2.45) is 0 Å². The first-order valence-corrected chi connectivity index (χ1v) is 13.6. The van der Waals surface area contributed by atoms with Crippen LogP contribution in [0.15, 0.2) is 51.2 Å². The minimum Gasteiger partial charge on any atom is -0.480 e. The van der Waals surface area contributed by atoms with Gasteiger partial charge in [-0.25, -0.2) is 8.42 Å². The maximum Gasteiger partial charge on any atom is 0.452 e. The number of hydrogen-bond donors (Lipinski definition) is 2. The molecule has 0 radical (unpaired) electrons. The van der Waals surface area contributed by atoms with Crippen molar-refractivity contribution < 1.29 is 45.5 Å². The van der Waals surface area contributed by atoms with Gasteiger partial charge in [0.2, 0.25) is 5.76 Å². The predicted molar refractivity (Wildman–Crippen MR) is 126 cm³/mol. The lowest BCUT2D eigenvalue weighted by Gasteiger charge is -2.27. The molecule has 0 spiro atoms. The molecule has 1 aliphatic carbocycles. The number of nitrogens with zero attached hydrogens (tertiary/aromatic N) is 2. The summed E-state index contributed by atoms with van der Waals surface area (Å²) >= 11 is 0.623. The van der Waals surface area contributed by atoms with E-state index >= 15 is 0 Å². The first kappa shape index (κ1) is 26.3. The summed E-state index contributed by atoms with van der Waals surface area (Å²) in [6.07, 6.45) is -4.80. The van der Waals surface area contributed by atoms with Gasteiger partial charge in [0.25, 0.3) is 15.9 Å². The summed E-state index contributed by atoms with van der Waals surface area (Å²) in [7, 11) is -4.38.